The zero-order valence-electron chi connectivity index (χ0n) is 12.6. The summed E-state index contributed by atoms with van der Waals surface area (Å²) in [4.78, 5) is 35.4. The molecule has 7 nitrogen and oxygen atoms in total. The first-order valence-electron chi connectivity index (χ1n) is 6.81. The van der Waals surface area contributed by atoms with Gasteiger partial charge >= 0.3 is 6.09 Å². The first-order valence-corrected chi connectivity index (χ1v) is 7.19. The van der Waals surface area contributed by atoms with Crippen LogP contribution >= 0.6 is 11.6 Å². The van der Waals surface area contributed by atoms with Gasteiger partial charge in [-0.2, -0.15) is 0 Å². The Bertz CT molecular complexity index is 844. The van der Waals surface area contributed by atoms with Crippen molar-refractivity contribution in [3.63, 3.8) is 0 Å². The molecule has 0 saturated heterocycles. The van der Waals surface area contributed by atoms with Gasteiger partial charge in [0.05, 0.1) is 13.0 Å². The number of hydrogen-bond acceptors (Lipinski definition) is 5. The van der Waals surface area contributed by atoms with Crippen LogP contribution in [0.2, 0.25) is 5.02 Å². The van der Waals surface area contributed by atoms with Crippen molar-refractivity contribution < 1.29 is 19.4 Å². The molecule has 0 spiro atoms. The van der Waals surface area contributed by atoms with Gasteiger partial charge in [-0.15, -0.1) is 0 Å². The molecule has 1 heterocycles. The summed E-state index contributed by atoms with van der Waals surface area (Å²) in [6.45, 7) is 1.74. The highest BCUT2D eigenvalue weighted by molar-refractivity contribution is 6.31. The van der Waals surface area contributed by atoms with Gasteiger partial charge in [0.2, 0.25) is 5.91 Å². The highest BCUT2D eigenvalue weighted by Gasteiger charge is 2.18. The maximum atomic E-state index is 12.1. The molecule has 23 heavy (non-hydrogen) atoms. The highest BCUT2D eigenvalue weighted by Crippen LogP contribution is 2.27. The SMILES string of the molecule is CCOC(=O)NC(=O)Cc1c(O)n(C)c(=O)c2ccc(Cl)cc12. The molecule has 8 heteroatoms. The lowest BCUT2D eigenvalue weighted by Crippen LogP contribution is -2.32. The Morgan fingerprint density at radius 3 is 2.70 bits per heavy atom. The molecule has 0 aliphatic heterocycles. The molecule has 2 amide bonds. The van der Waals surface area contributed by atoms with E-state index in [4.69, 9.17) is 11.6 Å². The van der Waals surface area contributed by atoms with Crippen molar-refractivity contribution in [2.75, 3.05) is 6.61 Å². The maximum Gasteiger partial charge on any atom is 0.413 e. The number of fused-ring (bicyclic) bond motifs is 1. The van der Waals surface area contributed by atoms with Crippen LogP contribution in [-0.2, 0) is 23.0 Å². The van der Waals surface area contributed by atoms with Gasteiger partial charge in [-0.25, -0.2) is 4.79 Å². The predicted molar refractivity (Wildman–Crippen MR) is 84.7 cm³/mol. The van der Waals surface area contributed by atoms with Crippen LogP contribution in [0.4, 0.5) is 4.79 Å². The lowest BCUT2D eigenvalue weighted by molar-refractivity contribution is -0.119. The Balaban J connectivity index is 2.47. The molecule has 0 unspecified atom stereocenters. The number of benzene rings is 1. The molecule has 0 bridgehead atoms. The summed E-state index contributed by atoms with van der Waals surface area (Å²) in [5.74, 6) is -1.03. The van der Waals surface area contributed by atoms with E-state index in [-0.39, 0.29) is 24.5 Å². The summed E-state index contributed by atoms with van der Waals surface area (Å²) >= 11 is 5.93. The number of pyridine rings is 1. The zero-order valence-corrected chi connectivity index (χ0v) is 13.3. The minimum absolute atomic E-state index is 0.128. The van der Waals surface area contributed by atoms with E-state index in [2.05, 4.69) is 4.74 Å². The number of hydrogen-bond donors (Lipinski definition) is 2. The third-order valence-corrected chi connectivity index (χ3v) is 3.52. The molecule has 122 valence electrons. The van der Waals surface area contributed by atoms with Crippen LogP contribution in [0.15, 0.2) is 23.0 Å². The second-order valence-corrected chi connectivity index (χ2v) is 5.24. The Hall–Kier alpha value is -2.54. The molecule has 1 aromatic carbocycles. The number of carbonyl (C=O) groups is 2. The van der Waals surface area contributed by atoms with Crippen molar-refractivity contribution in [2.24, 2.45) is 7.05 Å². The van der Waals surface area contributed by atoms with Crippen LogP contribution in [-0.4, -0.2) is 28.3 Å². The summed E-state index contributed by atoms with van der Waals surface area (Å²) in [5, 5.41) is 13.2. The third kappa shape index (κ3) is 3.45. The second kappa shape index (κ2) is 6.70. The van der Waals surface area contributed by atoms with Crippen molar-refractivity contribution in [2.45, 2.75) is 13.3 Å². The molecule has 0 saturated carbocycles. The molecular weight excluding hydrogens is 324 g/mol. The summed E-state index contributed by atoms with van der Waals surface area (Å²) in [5.41, 5.74) is -0.213. The lowest BCUT2D eigenvalue weighted by Gasteiger charge is -2.12. The standard InChI is InChI=1S/C15H15ClN2O5/c1-3-23-15(22)17-12(19)7-11-10-6-8(16)4-5-9(10)13(20)18(2)14(11)21/h4-6,21H,3,7H2,1-2H3,(H,17,19,22). The lowest BCUT2D eigenvalue weighted by atomic mass is 10.0. The van der Waals surface area contributed by atoms with E-state index in [0.29, 0.717) is 15.8 Å². The van der Waals surface area contributed by atoms with Gasteiger partial charge in [-0.05, 0) is 30.5 Å². The molecule has 0 atom stereocenters. The fourth-order valence-electron chi connectivity index (χ4n) is 2.21. The van der Waals surface area contributed by atoms with Crippen LogP contribution in [0.25, 0.3) is 10.8 Å². The van der Waals surface area contributed by atoms with Gasteiger partial charge in [-0.1, -0.05) is 11.6 Å². The first kappa shape index (κ1) is 16.8. The molecule has 2 N–H and O–H groups in total. The number of rotatable bonds is 3. The summed E-state index contributed by atoms with van der Waals surface area (Å²) < 4.78 is 5.65. The van der Waals surface area contributed by atoms with E-state index in [1.54, 1.807) is 13.0 Å². The van der Waals surface area contributed by atoms with Crippen LogP contribution in [0, 0.1) is 0 Å². The average Bonchev–Trinajstić information content (AvgIpc) is 2.49. The number of aromatic nitrogens is 1. The molecule has 0 aliphatic rings. The van der Waals surface area contributed by atoms with Gasteiger partial charge in [0, 0.05) is 23.0 Å². The van der Waals surface area contributed by atoms with Crippen molar-refractivity contribution in [3.05, 3.63) is 39.1 Å². The topological polar surface area (TPSA) is 97.6 Å². The third-order valence-electron chi connectivity index (χ3n) is 3.28. The Morgan fingerprint density at radius 1 is 1.35 bits per heavy atom. The fraction of sp³-hybridized carbons (Fsp3) is 0.267. The van der Waals surface area contributed by atoms with E-state index >= 15 is 0 Å². The van der Waals surface area contributed by atoms with Gasteiger partial charge in [0.15, 0.2) is 5.88 Å². The zero-order chi connectivity index (χ0) is 17.1. The number of alkyl carbamates (subject to hydrolysis) is 1. The van der Waals surface area contributed by atoms with Gasteiger partial charge in [-0.3, -0.25) is 19.5 Å². The number of nitrogens with one attached hydrogen (secondary N) is 1. The van der Waals surface area contributed by atoms with Gasteiger partial charge in [0.25, 0.3) is 5.56 Å². The van der Waals surface area contributed by atoms with Crippen molar-refractivity contribution in [3.8, 4) is 5.88 Å². The monoisotopic (exact) mass is 338 g/mol. The molecular formula is C15H15ClN2O5. The van der Waals surface area contributed by atoms with Crippen molar-refractivity contribution >= 4 is 34.4 Å². The Labute approximate surface area is 136 Å². The molecule has 0 fully saturated rings. The summed E-state index contributed by atoms with van der Waals surface area (Å²) in [6, 6.07) is 4.56. The van der Waals surface area contributed by atoms with Crippen molar-refractivity contribution in [1.29, 1.82) is 0 Å². The number of halogens is 1. The summed E-state index contributed by atoms with van der Waals surface area (Å²) in [7, 11) is 1.39. The van der Waals surface area contributed by atoms with E-state index in [9.17, 15) is 19.5 Å². The normalized spacial score (nSPS) is 10.6. The number of amides is 2. The average molecular weight is 339 g/mol. The van der Waals surface area contributed by atoms with E-state index < -0.39 is 17.6 Å². The predicted octanol–water partition coefficient (Wildman–Crippen LogP) is 1.71. The molecule has 1 aromatic heterocycles. The molecule has 0 aliphatic carbocycles. The van der Waals surface area contributed by atoms with Crippen LogP contribution in [0.1, 0.15) is 12.5 Å². The minimum Gasteiger partial charge on any atom is -0.494 e. The van der Waals surface area contributed by atoms with Crippen LogP contribution < -0.4 is 10.9 Å². The molecule has 2 rings (SSSR count). The number of imide groups is 1. The number of carbonyl (C=O) groups excluding carboxylic acids is 2. The highest BCUT2D eigenvalue weighted by atomic mass is 35.5. The van der Waals surface area contributed by atoms with E-state index in [1.807, 2.05) is 5.32 Å². The number of aromatic hydroxyl groups is 1. The van der Waals surface area contributed by atoms with Gasteiger partial charge < -0.3 is 9.84 Å². The van der Waals surface area contributed by atoms with Gasteiger partial charge in [0.1, 0.15) is 0 Å². The number of nitrogens with zero attached hydrogens (tertiary/aromatic N) is 1. The minimum atomic E-state index is -0.871. The first-order chi connectivity index (χ1) is 10.8. The van der Waals surface area contributed by atoms with Crippen molar-refractivity contribution in [1.82, 2.24) is 9.88 Å². The Kier molecular flexibility index (Phi) is 4.90. The second-order valence-electron chi connectivity index (χ2n) is 4.80. The molecule has 2 aromatic rings. The van der Waals surface area contributed by atoms with Crippen LogP contribution in [0.5, 0.6) is 5.88 Å². The largest absolute Gasteiger partial charge is 0.494 e. The quantitative estimate of drug-likeness (QED) is 0.888. The van der Waals surface area contributed by atoms with Crippen LogP contribution in [0.3, 0.4) is 0 Å². The summed E-state index contributed by atoms with van der Waals surface area (Å²) in [6.07, 6.45) is -1.18. The Morgan fingerprint density at radius 2 is 2.04 bits per heavy atom. The fourth-order valence-corrected chi connectivity index (χ4v) is 2.38. The van der Waals surface area contributed by atoms with E-state index in [0.717, 1.165) is 4.57 Å². The maximum absolute atomic E-state index is 12.1. The molecule has 0 radical (unpaired) electrons. The smallest absolute Gasteiger partial charge is 0.413 e. The van der Waals surface area contributed by atoms with E-state index in [1.165, 1.54) is 19.2 Å². The number of ether oxygens (including phenoxy) is 1.